The minimum Gasteiger partial charge on any atom is -0.465 e. The fourth-order valence-electron chi connectivity index (χ4n) is 8.00. The molecule has 15 nitrogen and oxygen atoms in total. The molecule has 0 unspecified atom stereocenters. The van der Waals surface area contributed by atoms with Gasteiger partial charge in [-0.05, 0) is 35.2 Å². The van der Waals surface area contributed by atoms with Gasteiger partial charge in [-0.15, -0.1) is 11.3 Å². The van der Waals surface area contributed by atoms with Gasteiger partial charge in [-0.2, -0.15) is 0 Å². The minimum atomic E-state index is -1.38. The largest absolute Gasteiger partial charge is 0.465 e. The van der Waals surface area contributed by atoms with Gasteiger partial charge in [0.25, 0.3) is 0 Å². The summed E-state index contributed by atoms with van der Waals surface area (Å²) < 4.78 is 38.8. The molecule has 0 radical (unpaired) electrons. The number of nitrogen functional groups attached to an aromatic ring is 1. The van der Waals surface area contributed by atoms with Gasteiger partial charge in [-0.3, -0.25) is 19.9 Å². The average molecular weight is 920 g/mol. The molecule has 3 heterocycles. The lowest BCUT2D eigenvalue weighted by atomic mass is 10.0. The molecule has 0 bridgehead atoms. The lowest BCUT2D eigenvalue weighted by Gasteiger charge is -2.38. The van der Waals surface area contributed by atoms with Crippen LogP contribution in [0.2, 0.25) is 0 Å². The van der Waals surface area contributed by atoms with E-state index in [4.69, 9.17) is 39.6 Å². The smallest absolute Gasteiger partial charge is 0.407 e. The van der Waals surface area contributed by atoms with Crippen LogP contribution in [0.4, 0.5) is 4.79 Å². The van der Waals surface area contributed by atoms with E-state index in [0.29, 0.717) is 5.56 Å². The van der Waals surface area contributed by atoms with E-state index >= 15 is 0 Å². The SMILES string of the molecule is C[C@H](OCc1ccccc1)[C@H](OCc1ccccc1)[C@@H](OCc1ccccc1)[C@H](CN(CC(=O)N1CC2(C[C@H]1C(=O)NCc1cc(C(=N)N)cs1)OCCO2)C(=O)O)OCc1ccccc1. The van der Waals surface area contributed by atoms with E-state index in [9.17, 15) is 19.5 Å². The standard InChI is InChI=1S/C50H57N5O10S/c1-35(60-29-36-14-6-2-7-15-36)45(62-31-38-18-10-4-11-19-38)46(63-32-39-20-12-5-13-21-39)43(61-30-37-16-8-3-9-17-37)27-54(49(58)59)28-44(56)55-34-50(64-22-23-65-50)25-42(55)48(57)53-26-41-24-40(33-66-41)47(51)52/h2-21,24,33,35,42-43,45-46H,22-23,25-32,34H2,1H3,(H3,51,52)(H,53,57)(H,58,59)/t35-,42-,43-,45-,46-/m0/s1. The zero-order valence-corrected chi connectivity index (χ0v) is 37.7. The molecule has 7 rings (SSSR count). The number of carbonyl (C=O) groups is 3. The van der Waals surface area contributed by atoms with Crippen molar-refractivity contribution in [2.45, 2.75) is 82.6 Å². The summed E-state index contributed by atoms with van der Waals surface area (Å²) in [7, 11) is 0. The van der Waals surface area contributed by atoms with Crippen molar-refractivity contribution in [3.05, 3.63) is 165 Å². The van der Waals surface area contributed by atoms with Crippen LogP contribution in [0.1, 0.15) is 46.0 Å². The predicted molar refractivity (Wildman–Crippen MR) is 247 cm³/mol. The molecule has 5 atom stereocenters. The fraction of sp³-hybridized carbons (Fsp3) is 0.360. The van der Waals surface area contributed by atoms with Crippen molar-refractivity contribution in [1.82, 2.24) is 15.1 Å². The van der Waals surface area contributed by atoms with Crippen LogP contribution in [0.5, 0.6) is 0 Å². The molecule has 0 saturated carbocycles. The van der Waals surface area contributed by atoms with Crippen LogP contribution in [-0.2, 0) is 71.0 Å². The van der Waals surface area contributed by atoms with E-state index < -0.39 is 60.7 Å². The molecule has 4 aromatic carbocycles. The number of amides is 3. The maximum Gasteiger partial charge on any atom is 0.407 e. The summed E-state index contributed by atoms with van der Waals surface area (Å²) in [6, 6.07) is 39.3. The van der Waals surface area contributed by atoms with Crippen LogP contribution in [0, 0.1) is 5.41 Å². The molecule has 2 saturated heterocycles. The molecule has 5 N–H and O–H groups in total. The lowest BCUT2D eigenvalue weighted by molar-refractivity contribution is -0.189. The first-order chi connectivity index (χ1) is 32.1. The summed E-state index contributed by atoms with van der Waals surface area (Å²) in [6.45, 7) is 2.28. The number of nitrogens with zero attached hydrogens (tertiary/aromatic N) is 2. The van der Waals surface area contributed by atoms with Crippen molar-refractivity contribution >= 4 is 35.1 Å². The van der Waals surface area contributed by atoms with Crippen LogP contribution < -0.4 is 11.1 Å². The number of hydrogen-bond donors (Lipinski definition) is 4. The van der Waals surface area contributed by atoms with Gasteiger partial charge in [-0.1, -0.05) is 121 Å². The summed E-state index contributed by atoms with van der Waals surface area (Å²) in [5, 5.41) is 23.2. The molecule has 16 heteroatoms. The summed E-state index contributed by atoms with van der Waals surface area (Å²) >= 11 is 1.34. The Morgan fingerprint density at radius 1 is 0.803 bits per heavy atom. The molecule has 0 aliphatic carbocycles. The maximum atomic E-state index is 14.5. The van der Waals surface area contributed by atoms with E-state index in [1.807, 2.05) is 128 Å². The fourth-order valence-corrected chi connectivity index (χ4v) is 8.82. The normalized spacial score (nSPS) is 17.2. The van der Waals surface area contributed by atoms with Gasteiger partial charge in [0.2, 0.25) is 11.8 Å². The zero-order chi connectivity index (χ0) is 46.3. The van der Waals surface area contributed by atoms with E-state index in [0.717, 1.165) is 32.0 Å². The third kappa shape index (κ3) is 13.3. The minimum absolute atomic E-state index is 0.0558. The highest BCUT2D eigenvalue weighted by atomic mass is 32.1. The first kappa shape index (κ1) is 48.0. The number of ether oxygens (including phenoxy) is 6. The zero-order valence-electron chi connectivity index (χ0n) is 36.9. The number of nitrogens with one attached hydrogen (secondary N) is 2. The van der Waals surface area contributed by atoms with Crippen molar-refractivity contribution in [2.24, 2.45) is 5.73 Å². The topological polar surface area (TPSA) is 195 Å². The van der Waals surface area contributed by atoms with Gasteiger partial charge in [0.15, 0.2) is 5.79 Å². The van der Waals surface area contributed by atoms with E-state index in [-0.39, 0.29) is 71.5 Å². The maximum absolute atomic E-state index is 14.5. The third-order valence-electron chi connectivity index (χ3n) is 11.5. The molecule has 2 aliphatic rings. The van der Waals surface area contributed by atoms with Gasteiger partial charge in [0, 0.05) is 22.2 Å². The molecule has 348 valence electrons. The molecule has 3 amide bonds. The van der Waals surface area contributed by atoms with E-state index in [1.54, 1.807) is 11.4 Å². The lowest BCUT2D eigenvalue weighted by Crippen LogP contribution is -2.55. The number of carbonyl (C=O) groups excluding carboxylic acids is 2. The van der Waals surface area contributed by atoms with Gasteiger partial charge >= 0.3 is 6.09 Å². The van der Waals surface area contributed by atoms with Crippen molar-refractivity contribution < 1.29 is 47.9 Å². The highest BCUT2D eigenvalue weighted by Gasteiger charge is 2.53. The summed E-state index contributed by atoms with van der Waals surface area (Å²) in [5.74, 6) is -2.38. The Hall–Kier alpha value is -5.98. The molecule has 2 fully saturated rings. The second kappa shape index (κ2) is 23.5. The summed E-state index contributed by atoms with van der Waals surface area (Å²) in [4.78, 5) is 44.8. The molecular weight excluding hydrogens is 863 g/mol. The van der Waals surface area contributed by atoms with Crippen LogP contribution >= 0.6 is 11.3 Å². The van der Waals surface area contributed by atoms with Crippen LogP contribution in [0.15, 0.2) is 133 Å². The van der Waals surface area contributed by atoms with Crippen LogP contribution in [0.3, 0.4) is 0 Å². The van der Waals surface area contributed by atoms with Gasteiger partial charge in [-0.25, -0.2) is 4.79 Å². The second-order valence-corrected chi connectivity index (χ2v) is 17.3. The van der Waals surface area contributed by atoms with Crippen molar-refractivity contribution in [2.75, 3.05) is 32.8 Å². The second-order valence-electron chi connectivity index (χ2n) is 16.3. The van der Waals surface area contributed by atoms with Crippen LogP contribution in [0.25, 0.3) is 0 Å². The molecule has 5 aromatic rings. The molecule has 1 aromatic heterocycles. The molecule has 2 aliphatic heterocycles. The number of likely N-dealkylation sites (tertiary alicyclic amines) is 1. The number of hydrogen-bond acceptors (Lipinski definition) is 11. The first-order valence-electron chi connectivity index (χ1n) is 21.9. The Morgan fingerprint density at radius 3 is 1.80 bits per heavy atom. The summed E-state index contributed by atoms with van der Waals surface area (Å²) in [6.07, 6.45) is -4.71. The number of nitrogens with two attached hydrogens (primary N) is 1. The quantitative estimate of drug-likeness (QED) is 0.0422. The Kier molecular flexibility index (Phi) is 17.1. The monoisotopic (exact) mass is 919 g/mol. The van der Waals surface area contributed by atoms with Crippen molar-refractivity contribution in [3.63, 3.8) is 0 Å². The number of rotatable bonds is 23. The molecule has 1 spiro atoms. The van der Waals surface area contributed by atoms with Gasteiger partial charge in [0.1, 0.15) is 36.7 Å². The van der Waals surface area contributed by atoms with Gasteiger partial charge < -0.3 is 49.5 Å². The van der Waals surface area contributed by atoms with Crippen molar-refractivity contribution in [3.8, 4) is 0 Å². The van der Waals surface area contributed by atoms with E-state index in [1.165, 1.54) is 16.2 Å². The highest BCUT2D eigenvalue weighted by molar-refractivity contribution is 7.10. The highest BCUT2D eigenvalue weighted by Crippen LogP contribution is 2.35. The van der Waals surface area contributed by atoms with Crippen LogP contribution in [-0.4, -0.2) is 108 Å². The molecule has 66 heavy (non-hydrogen) atoms. The predicted octanol–water partition coefficient (Wildman–Crippen LogP) is 6.33. The number of carboxylic acid groups (broad SMARTS) is 1. The summed E-state index contributed by atoms with van der Waals surface area (Å²) in [5.41, 5.74) is 9.77. The van der Waals surface area contributed by atoms with Gasteiger partial charge in [0.05, 0.1) is 65.4 Å². The number of amidine groups is 1. The first-order valence-corrected chi connectivity index (χ1v) is 22.8. The third-order valence-corrected chi connectivity index (χ3v) is 12.4. The van der Waals surface area contributed by atoms with Crippen molar-refractivity contribution in [1.29, 1.82) is 5.41 Å². The number of benzene rings is 4. The molecular formula is C50H57N5O10S. The average Bonchev–Trinajstić information content (AvgIpc) is 4.12. The Balaban J connectivity index is 1.18. The Labute approximate surface area is 388 Å². The Morgan fingerprint density at radius 2 is 1.30 bits per heavy atom. The number of thiophene rings is 1. The van der Waals surface area contributed by atoms with E-state index in [2.05, 4.69) is 5.32 Å². The Bertz CT molecular complexity index is 2320.